The molecule has 88 valence electrons. The van der Waals surface area contributed by atoms with Gasteiger partial charge in [-0.15, -0.1) is 0 Å². The van der Waals surface area contributed by atoms with Crippen LogP contribution in [0.3, 0.4) is 0 Å². The van der Waals surface area contributed by atoms with E-state index in [1.165, 1.54) is 18.7 Å². The van der Waals surface area contributed by atoms with E-state index in [0.717, 1.165) is 0 Å². The van der Waals surface area contributed by atoms with Gasteiger partial charge in [0.25, 0.3) is 0 Å². The molecule has 0 aliphatic heterocycles. The maximum atomic E-state index is 11.4. The van der Waals surface area contributed by atoms with Crippen molar-refractivity contribution < 1.29 is 14.3 Å². The summed E-state index contributed by atoms with van der Waals surface area (Å²) in [4.78, 5) is 22.0. The van der Waals surface area contributed by atoms with Crippen LogP contribution in [0.1, 0.15) is 34.1 Å². The molecular formula is C10H19NO3S. The molecule has 5 heteroatoms. The molecule has 0 aliphatic rings. The third kappa shape index (κ3) is 8.44. The van der Waals surface area contributed by atoms with Crippen molar-refractivity contribution in [1.29, 1.82) is 0 Å². The number of thioether (sulfide) groups is 1. The highest BCUT2D eigenvalue weighted by atomic mass is 32.2. The van der Waals surface area contributed by atoms with E-state index in [4.69, 9.17) is 10.5 Å². The molecule has 0 unspecified atom stereocenters. The average Bonchev–Trinajstić information content (AvgIpc) is 1.99. The Morgan fingerprint density at radius 3 is 2.33 bits per heavy atom. The summed E-state index contributed by atoms with van der Waals surface area (Å²) in [5.41, 5.74) is 5.10. The SMILES string of the molecule is CC(=O)SCC[C@H](N)C(=O)OC(C)(C)C. The highest BCUT2D eigenvalue weighted by Gasteiger charge is 2.21. The second-order valence-electron chi connectivity index (χ2n) is 4.27. The van der Waals surface area contributed by atoms with Crippen LogP contribution in [0.5, 0.6) is 0 Å². The molecule has 0 heterocycles. The van der Waals surface area contributed by atoms with Crippen molar-refractivity contribution in [3.8, 4) is 0 Å². The Hall–Kier alpha value is -0.550. The molecule has 0 aliphatic carbocycles. The number of hydrogen-bond donors (Lipinski definition) is 1. The minimum absolute atomic E-state index is 0.0337. The lowest BCUT2D eigenvalue weighted by Crippen LogP contribution is -2.37. The average molecular weight is 233 g/mol. The molecule has 0 radical (unpaired) electrons. The second-order valence-corrected chi connectivity index (χ2v) is 5.54. The van der Waals surface area contributed by atoms with Gasteiger partial charge in [0.15, 0.2) is 5.12 Å². The van der Waals surface area contributed by atoms with Gasteiger partial charge in [-0.1, -0.05) is 11.8 Å². The van der Waals surface area contributed by atoms with E-state index in [9.17, 15) is 9.59 Å². The van der Waals surface area contributed by atoms with E-state index in [0.29, 0.717) is 12.2 Å². The molecule has 0 spiro atoms. The third-order valence-electron chi connectivity index (χ3n) is 1.44. The number of carbonyl (C=O) groups is 2. The number of nitrogens with two attached hydrogens (primary N) is 1. The van der Waals surface area contributed by atoms with Gasteiger partial charge in [0, 0.05) is 12.7 Å². The van der Waals surface area contributed by atoms with Gasteiger partial charge >= 0.3 is 5.97 Å². The summed E-state index contributed by atoms with van der Waals surface area (Å²) in [6.07, 6.45) is 0.458. The Morgan fingerprint density at radius 1 is 1.40 bits per heavy atom. The Labute approximate surface area is 94.9 Å². The summed E-state index contributed by atoms with van der Waals surface area (Å²) >= 11 is 1.17. The fraction of sp³-hybridized carbons (Fsp3) is 0.800. The van der Waals surface area contributed by atoms with Gasteiger partial charge in [-0.25, -0.2) is 0 Å². The number of carbonyl (C=O) groups excluding carboxylic acids is 2. The molecule has 4 nitrogen and oxygen atoms in total. The van der Waals surface area contributed by atoms with E-state index in [1.807, 2.05) is 0 Å². The molecule has 0 aromatic carbocycles. The number of ether oxygens (including phenoxy) is 1. The zero-order valence-corrected chi connectivity index (χ0v) is 10.5. The zero-order valence-electron chi connectivity index (χ0n) is 9.70. The monoisotopic (exact) mass is 233 g/mol. The summed E-state index contributed by atoms with van der Waals surface area (Å²) < 4.78 is 5.10. The molecular weight excluding hydrogens is 214 g/mol. The standard InChI is InChI=1S/C10H19NO3S/c1-7(12)15-6-5-8(11)9(13)14-10(2,3)4/h8H,5-6,11H2,1-4H3/t8-/m0/s1. The quantitative estimate of drug-likeness (QED) is 0.742. The lowest BCUT2D eigenvalue weighted by Gasteiger charge is -2.21. The molecule has 0 aromatic rings. The van der Waals surface area contributed by atoms with Crippen LogP contribution in [0.2, 0.25) is 0 Å². The minimum Gasteiger partial charge on any atom is -0.459 e. The van der Waals surface area contributed by atoms with Crippen LogP contribution in [0, 0.1) is 0 Å². The lowest BCUT2D eigenvalue weighted by molar-refractivity contribution is -0.156. The first-order valence-electron chi connectivity index (χ1n) is 4.84. The molecule has 0 rings (SSSR count). The van der Waals surface area contributed by atoms with Gasteiger partial charge < -0.3 is 10.5 Å². The Kier molecular flexibility index (Phi) is 5.90. The summed E-state index contributed by atoms with van der Waals surface area (Å²) in [5.74, 6) is 0.141. The summed E-state index contributed by atoms with van der Waals surface area (Å²) in [7, 11) is 0. The topological polar surface area (TPSA) is 69.4 Å². The van der Waals surface area contributed by atoms with Gasteiger partial charge in [0.05, 0.1) is 0 Å². The third-order valence-corrected chi connectivity index (χ3v) is 2.29. The first-order valence-corrected chi connectivity index (χ1v) is 5.83. The zero-order chi connectivity index (χ0) is 12.1. The first kappa shape index (κ1) is 14.5. The predicted molar refractivity (Wildman–Crippen MR) is 61.6 cm³/mol. The summed E-state index contributed by atoms with van der Waals surface area (Å²) in [6.45, 7) is 6.87. The van der Waals surface area contributed by atoms with E-state index in [-0.39, 0.29) is 5.12 Å². The summed E-state index contributed by atoms with van der Waals surface area (Å²) in [6, 6.07) is -0.643. The Morgan fingerprint density at radius 2 is 1.93 bits per heavy atom. The maximum absolute atomic E-state index is 11.4. The molecule has 2 N–H and O–H groups in total. The van der Waals surface area contributed by atoms with E-state index in [1.54, 1.807) is 20.8 Å². The van der Waals surface area contributed by atoms with Crippen molar-refractivity contribution in [3.05, 3.63) is 0 Å². The highest BCUT2D eigenvalue weighted by Crippen LogP contribution is 2.10. The molecule has 0 bridgehead atoms. The van der Waals surface area contributed by atoms with E-state index in [2.05, 4.69) is 0 Å². The van der Waals surface area contributed by atoms with Crippen LogP contribution in [-0.2, 0) is 14.3 Å². The second kappa shape index (κ2) is 6.12. The fourth-order valence-electron chi connectivity index (χ4n) is 0.825. The summed E-state index contributed by atoms with van der Waals surface area (Å²) in [5, 5.41) is 0.0337. The van der Waals surface area contributed by atoms with Crippen LogP contribution in [0.4, 0.5) is 0 Å². The van der Waals surface area contributed by atoms with Gasteiger partial charge in [0.2, 0.25) is 0 Å². The van der Waals surface area contributed by atoms with Crippen LogP contribution < -0.4 is 5.73 Å². The van der Waals surface area contributed by atoms with E-state index < -0.39 is 17.6 Å². The number of hydrogen-bond acceptors (Lipinski definition) is 5. The molecule has 15 heavy (non-hydrogen) atoms. The highest BCUT2D eigenvalue weighted by molar-refractivity contribution is 8.13. The molecule has 0 saturated carbocycles. The Balaban J connectivity index is 3.85. The number of esters is 1. The van der Waals surface area contributed by atoms with Crippen molar-refractivity contribution in [2.75, 3.05) is 5.75 Å². The number of rotatable bonds is 4. The van der Waals surface area contributed by atoms with Gasteiger partial charge in [0.1, 0.15) is 11.6 Å². The van der Waals surface area contributed by atoms with Crippen molar-refractivity contribution in [2.24, 2.45) is 5.73 Å². The van der Waals surface area contributed by atoms with Crippen LogP contribution >= 0.6 is 11.8 Å². The normalized spacial score (nSPS) is 13.4. The molecule has 1 atom stereocenters. The predicted octanol–water partition coefficient (Wildman–Crippen LogP) is 1.33. The van der Waals surface area contributed by atoms with Gasteiger partial charge in [-0.3, -0.25) is 9.59 Å². The molecule has 0 amide bonds. The molecule has 0 aromatic heterocycles. The van der Waals surface area contributed by atoms with Gasteiger partial charge in [-0.05, 0) is 27.2 Å². The Bertz CT molecular complexity index is 235. The molecule has 0 saturated heterocycles. The molecule has 0 fully saturated rings. The van der Waals surface area contributed by atoms with Gasteiger partial charge in [-0.2, -0.15) is 0 Å². The van der Waals surface area contributed by atoms with Crippen molar-refractivity contribution >= 4 is 22.8 Å². The fourth-order valence-corrected chi connectivity index (χ4v) is 1.48. The van der Waals surface area contributed by atoms with Crippen LogP contribution in [0.25, 0.3) is 0 Å². The largest absolute Gasteiger partial charge is 0.459 e. The maximum Gasteiger partial charge on any atom is 0.323 e. The van der Waals surface area contributed by atoms with Crippen molar-refractivity contribution in [1.82, 2.24) is 0 Å². The van der Waals surface area contributed by atoms with Crippen LogP contribution in [0.15, 0.2) is 0 Å². The smallest absolute Gasteiger partial charge is 0.323 e. The van der Waals surface area contributed by atoms with Crippen molar-refractivity contribution in [3.63, 3.8) is 0 Å². The minimum atomic E-state index is -0.643. The first-order chi connectivity index (χ1) is 6.72. The van der Waals surface area contributed by atoms with Crippen LogP contribution in [-0.4, -0.2) is 28.5 Å². The van der Waals surface area contributed by atoms with E-state index >= 15 is 0 Å². The van der Waals surface area contributed by atoms with Crippen molar-refractivity contribution in [2.45, 2.75) is 45.8 Å². The lowest BCUT2D eigenvalue weighted by atomic mass is 10.2.